The molecule has 1 aliphatic heterocycles. The number of nitrogens with one attached hydrogen (secondary N) is 1. The summed E-state index contributed by atoms with van der Waals surface area (Å²) in [6.45, 7) is 2.56. The van der Waals surface area contributed by atoms with E-state index in [4.69, 9.17) is 27.7 Å². The fourth-order valence-electron chi connectivity index (χ4n) is 1.29. The molecule has 0 aliphatic carbocycles. The molecule has 1 fully saturated rings. The van der Waals surface area contributed by atoms with Crippen molar-refractivity contribution in [1.29, 1.82) is 0 Å². The summed E-state index contributed by atoms with van der Waals surface area (Å²) in [5, 5.41) is 3.02. The van der Waals surface area contributed by atoms with E-state index < -0.39 is 8.02 Å². The predicted octanol–water partition coefficient (Wildman–Crippen LogP) is 1.45. The third-order valence-electron chi connectivity index (χ3n) is 1.98. The number of hydrogen-bond acceptors (Lipinski definition) is 4. The van der Waals surface area contributed by atoms with Gasteiger partial charge in [0.15, 0.2) is 0 Å². The van der Waals surface area contributed by atoms with Crippen molar-refractivity contribution in [3.8, 4) is 0 Å². The largest absolute Gasteiger partial charge is 0.431 e. The van der Waals surface area contributed by atoms with Crippen molar-refractivity contribution in [2.75, 3.05) is 38.0 Å². The third kappa shape index (κ3) is 3.46. The first-order valence-electron chi connectivity index (χ1n) is 4.62. The van der Waals surface area contributed by atoms with Crippen LogP contribution in [0.15, 0.2) is 0 Å². The Morgan fingerprint density at radius 1 is 1.36 bits per heavy atom. The van der Waals surface area contributed by atoms with Crippen molar-refractivity contribution in [2.24, 2.45) is 0 Å². The van der Waals surface area contributed by atoms with Gasteiger partial charge in [0.2, 0.25) is 0 Å². The molecule has 14 heavy (non-hydrogen) atoms. The lowest BCUT2D eigenvalue weighted by Crippen LogP contribution is -2.39. The minimum Gasteiger partial charge on any atom is -0.187 e. The van der Waals surface area contributed by atoms with Gasteiger partial charge in [-0.05, 0) is 6.42 Å². The summed E-state index contributed by atoms with van der Waals surface area (Å²) in [5.41, 5.74) is 0. The summed E-state index contributed by atoms with van der Waals surface area (Å²) in [6.07, 6.45) is 0.928. The zero-order chi connectivity index (χ0) is 10.4. The smallest absolute Gasteiger partial charge is 0.187 e. The van der Waals surface area contributed by atoms with Gasteiger partial charge in [-0.25, -0.2) is 0 Å². The Morgan fingerprint density at radius 2 is 2.00 bits per heavy atom. The second kappa shape index (κ2) is 6.44. The Hall–Kier alpha value is 0.850. The molecule has 4 nitrogen and oxygen atoms in total. The normalized spacial score (nSPS) is 28.3. The fraction of sp³-hybridized carbons (Fsp3) is 1.00. The molecule has 0 aromatic carbocycles. The van der Waals surface area contributed by atoms with Crippen LogP contribution in [0.2, 0.25) is 0 Å². The first-order valence-corrected chi connectivity index (χ1v) is 7.30. The van der Waals surface area contributed by atoms with Crippen LogP contribution in [0.1, 0.15) is 6.42 Å². The first-order chi connectivity index (χ1) is 6.73. The van der Waals surface area contributed by atoms with Crippen molar-refractivity contribution in [3.05, 3.63) is 0 Å². The van der Waals surface area contributed by atoms with Crippen molar-refractivity contribution in [2.45, 2.75) is 6.42 Å². The molecule has 7 heteroatoms. The van der Waals surface area contributed by atoms with Gasteiger partial charge in [-0.1, -0.05) is 0 Å². The van der Waals surface area contributed by atoms with Gasteiger partial charge in [-0.2, -0.15) is 9.42 Å². The lowest BCUT2D eigenvalue weighted by molar-refractivity contribution is 0.204. The molecule has 0 aromatic heterocycles. The SMILES string of the molecule is O[P+]1(N(CCCl)CCCl)NCCCO1. The van der Waals surface area contributed by atoms with Crippen molar-refractivity contribution in [3.63, 3.8) is 0 Å². The molecule has 1 atom stereocenters. The van der Waals surface area contributed by atoms with E-state index in [0.717, 1.165) is 13.0 Å². The molecule has 1 aliphatic rings. The van der Waals surface area contributed by atoms with Gasteiger partial charge < -0.3 is 0 Å². The van der Waals surface area contributed by atoms with Gasteiger partial charge in [0, 0.05) is 18.3 Å². The molecule has 0 amide bonds. The summed E-state index contributed by atoms with van der Waals surface area (Å²) in [6, 6.07) is 0. The maximum Gasteiger partial charge on any atom is 0.431 e. The van der Waals surface area contributed by atoms with Crippen molar-refractivity contribution in [1.82, 2.24) is 9.76 Å². The van der Waals surface area contributed by atoms with E-state index in [0.29, 0.717) is 31.5 Å². The fourth-order valence-corrected chi connectivity index (χ4v) is 3.97. The Morgan fingerprint density at radius 3 is 2.43 bits per heavy atom. The Kier molecular flexibility index (Phi) is 5.94. The number of halogens is 2. The Balaban J connectivity index is 2.53. The number of hydrogen-bond donors (Lipinski definition) is 2. The van der Waals surface area contributed by atoms with Crippen LogP contribution < -0.4 is 5.09 Å². The topological polar surface area (TPSA) is 44.7 Å². The van der Waals surface area contributed by atoms with Crippen LogP contribution in [-0.2, 0) is 4.52 Å². The molecule has 1 saturated heterocycles. The van der Waals surface area contributed by atoms with Crippen LogP contribution in [0.25, 0.3) is 0 Å². The van der Waals surface area contributed by atoms with E-state index in [9.17, 15) is 4.89 Å². The standard InChI is InChI=1S/C7H16Cl2N2O2P/c8-2-5-11(6-3-9)14(12)10-4-1-7-13-14/h10,12H,1-7H2/q+1. The first kappa shape index (κ1) is 12.9. The zero-order valence-electron chi connectivity index (χ0n) is 7.96. The minimum absolute atomic E-state index is 0.463. The molecule has 0 radical (unpaired) electrons. The van der Waals surface area contributed by atoms with Crippen LogP contribution in [-0.4, -0.2) is 47.6 Å². The molecule has 1 unspecified atom stereocenters. The van der Waals surface area contributed by atoms with Crippen LogP contribution in [0, 0.1) is 0 Å². The molecule has 0 bridgehead atoms. The molecule has 2 N–H and O–H groups in total. The van der Waals surface area contributed by atoms with E-state index in [-0.39, 0.29) is 0 Å². The molecule has 0 spiro atoms. The minimum atomic E-state index is -2.59. The van der Waals surface area contributed by atoms with E-state index in [1.807, 2.05) is 4.67 Å². The monoisotopic (exact) mass is 261 g/mol. The van der Waals surface area contributed by atoms with Crippen LogP contribution in [0.3, 0.4) is 0 Å². The highest BCUT2D eigenvalue weighted by Crippen LogP contribution is 2.56. The molecule has 0 aromatic rings. The molecule has 1 heterocycles. The zero-order valence-corrected chi connectivity index (χ0v) is 10.4. The van der Waals surface area contributed by atoms with Crippen molar-refractivity contribution >= 4 is 31.2 Å². The summed E-state index contributed by atoms with van der Waals surface area (Å²) in [5.74, 6) is 0.925. The van der Waals surface area contributed by atoms with E-state index in [2.05, 4.69) is 5.09 Å². The van der Waals surface area contributed by atoms with Crippen LogP contribution >= 0.6 is 31.2 Å². The quantitative estimate of drug-likeness (QED) is 0.581. The summed E-state index contributed by atoms with van der Waals surface area (Å²) in [7, 11) is -2.59. The van der Waals surface area contributed by atoms with Gasteiger partial charge in [0.05, 0.1) is 19.7 Å². The number of alkyl halides is 2. The van der Waals surface area contributed by atoms with Crippen LogP contribution in [0.4, 0.5) is 0 Å². The summed E-state index contributed by atoms with van der Waals surface area (Å²) in [4.78, 5) is 10.2. The van der Waals surface area contributed by atoms with Gasteiger partial charge in [-0.15, -0.1) is 33.0 Å². The lowest BCUT2D eigenvalue weighted by atomic mass is 10.5. The molecule has 0 saturated carbocycles. The Labute approximate surface area is 95.1 Å². The lowest BCUT2D eigenvalue weighted by Gasteiger charge is -2.30. The molecular weight excluding hydrogens is 246 g/mol. The van der Waals surface area contributed by atoms with Gasteiger partial charge in [-0.3, -0.25) is 0 Å². The maximum absolute atomic E-state index is 10.2. The second-order valence-electron chi connectivity index (χ2n) is 2.97. The number of rotatable bonds is 5. The van der Waals surface area contributed by atoms with Gasteiger partial charge >= 0.3 is 8.02 Å². The van der Waals surface area contributed by atoms with Gasteiger partial charge in [0.25, 0.3) is 0 Å². The molecule has 84 valence electrons. The van der Waals surface area contributed by atoms with E-state index in [1.165, 1.54) is 0 Å². The highest BCUT2D eigenvalue weighted by Gasteiger charge is 2.47. The summed E-state index contributed by atoms with van der Waals surface area (Å²) < 4.78 is 7.21. The highest BCUT2D eigenvalue weighted by molar-refractivity contribution is 7.61. The highest BCUT2D eigenvalue weighted by atomic mass is 35.5. The average molecular weight is 262 g/mol. The average Bonchev–Trinajstić information content (AvgIpc) is 2.19. The Bertz CT molecular complexity index is 164. The predicted molar refractivity (Wildman–Crippen MR) is 60.7 cm³/mol. The molecule has 1 rings (SSSR count). The van der Waals surface area contributed by atoms with Crippen LogP contribution in [0.5, 0.6) is 0 Å². The van der Waals surface area contributed by atoms with Crippen molar-refractivity contribution < 1.29 is 9.42 Å². The summed E-state index contributed by atoms with van der Waals surface area (Å²) >= 11 is 11.3. The molecular formula is C7H16Cl2N2O2P+. The van der Waals surface area contributed by atoms with Gasteiger partial charge in [0.1, 0.15) is 0 Å². The second-order valence-corrected chi connectivity index (χ2v) is 5.95. The van der Waals surface area contributed by atoms with E-state index in [1.54, 1.807) is 0 Å². The number of nitrogens with zero attached hydrogens (tertiary/aromatic N) is 1. The third-order valence-corrected chi connectivity index (χ3v) is 4.66. The maximum atomic E-state index is 10.2. The van der Waals surface area contributed by atoms with E-state index >= 15 is 0 Å².